The van der Waals surface area contributed by atoms with E-state index in [1.165, 1.54) is 0 Å². The van der Waals surface area contributed by atoms with Gasteiger partial charge in [-0.15, -0.1) is 0 Å². The van der Waals surface area contributed by atoms with E-state index in [2.05, 4.69) is 5.32 Å². The SMILES string of the molecule is COc1cc(CCNC(=O)CCC(=O)O)ccc1OC(C)C. The van der Waals surface area contributed by atoms with Gasteiger partial charge in [0.05, 0.1) is 19.6 Å². The van der Waals surface area contributed by atoms with Gasteiger partial charge in [-0.05, 0) is 38.0 Å². The molecule has 0 aliphatic rings. The van der Waals surface area contributed by atoms with Gasteiger partial charge in [-0.2, -0.15) is 0 Å². The highest BCUT2D eigenvalue weighted by molar-refractivity contribution is 5.80. The van der Waals surface area contributed by atoms with Crippen LogP contribution in [0.2, 0.25) is 0 Å². The van der Waals surface area contributed by atoms with Crippen LogP contribution in [0.5, 0.6) is 11.5 Å². The minimum atomic E-state index is -0.972. The molecule has 1 aromatic rings. The van der Waals surface area contributed by atoms with Crippen LogP contribution in [-0.2, 0) is 16.0 Å². The maximum atomic E-state index is 11.4. The van der Waals surface area contributed by atoms with Crippen LogP contribution in [0.15, 0.2) is 18.2 Å². The number of aliphatic carboxylic acids is 1. The van der Waals surface area contributed by atoms with Gasteiger partial charge in [-0.3, -0.25) is 9.59 Å². The zero-order valence-corrected chi connectivity index (χ0v) is 13.2. The van der Waals surface area contributed by atoms with Gasteiger partial charge < -0.3 is 19.9 Å². The van der Waals surface area contributed by atoms with Gasteiger partial charge in [0.25, 0.3) is 0 Å². The maximum absolute atomic E-state index is 11.4. The van der Waals surface area contributed by atoms with Crippen molar-refractivity contribution in [3.63, 3.8) is 0 Å². The van der Waals surface area contributed by atoms with Gasteiger partial charge in [-0.1, -0.05) is 6.07 Å². The molecule has 0 atom stereocenters. The summed E-state index contributed by atoms with van der Waals surface area (Å²) in [5, 5.41) is 11.2. The summed E-state index contributed by atoms with van der Waals surface area (Å²) < 4.78 is 10.9. The van der Waals surface area contributed by atoms with E-state index in [-0.39, 0.29) is 24.9 Å². The van der Waals surface area contributed by atoms with Gasteiger partial charge in [0, 0.05) is 13.0 Å². The van der Waals surface area contributed by atoms with Crippen LogP contribution in [0.25, 0.3) is 0 Å². The summed E-state index contributed by atoms with van der Waals surface area (Å²) in [6.07, 6.45) is 0.547. The Balaban J connectivity index is 2.49. The summed E-state index contributed by atoms with van der Waals surface area (Å²) in [7, 11) is 1.58. The molecule has 1 aromatic carbocycles. The van der Waals surface area contributed by atoms with Crippen LogP contribution in [-0.4, -0.2) is 36.7 Å². The lowest BCUT2D eigenvalue weighted by atomic mass is 10.1. The summed E-state index contributed by atoms with van der Waals surface area (Å²) in [6, 6.07) is 5.64. The first-order valence-electron chi connectivity index (χ1n) is 7.24. The molecule has 0 fully saturated rings. The molecule has 0 spiro atoms. The smallest absolute Gasteiger partial charge is 0.303 e. The normalized spacial score (nSPS) is 10.4. The third-order valence-electron chi connectivity index (χ3n) is 2.89. The molecule has 0 heterocycles. The fourth-order valence-electron chi connectivity index (χ4n) is 1.87. The van der Waals surface area contributed by atoms with Crippen molar-refractivity contribution in [2.45, 2.75) is 39.2 Å². The Hall–Kier alpha value is -2.24. The lowest BCUT2D eigenvalue weighted by molar-refractivity contribution is -0.138. The highest BCUT2D eigenvalue weighted by Crippen LogP contribution is 2.29. The number of amides is 1. The van der Waals surface area contributed by atoms with Crippen molar-refractivity contribution in [1.82, 2.24) is 5.32 Å². The molecule has 122 valence electrons. The minimum absolute atomic E-state index is 0.000178. The number of carbonyl (C=O) groups excluding carboxylic acids is 1. The van der Waals surface area contributed by atoms with E-state index >= 15 is 0 Å². The third-order valence-corrected chi connectivity index (χ3v) is 2.89. The standard InChI is InChI=1S/C16H23NO5/c1-11(2)22-13-5-4-12(10-14(13)21-3)8-9-17-15(18)6-7-16(19)20/h4-5,10-11H,6-9H2,1-3H3,(H,17,18)(H,19,20). The van der Waals surface area contributed by atoms with E-state index in [0.717, 1.165) is 5.56 Å². The Morgan fingerprint density at radius 2 is 1.95 bits per heavy atom. The number of hydrogen-bond acceptors (Lipinski definition) is 4. The minimum Gasteiger partial charge on any atom is -0.493 e. The molecule has 0 saturated heterocycles. The summed E-state index contributed by atoms with van der Waals surface area (Å²) in [5.41, 5.74) is 1.01. The van der Waals surface area contributed by atoms with Crippen LogP contribution in [0, 0.1) is 0 Å². The monoisotopic (exact) mass is 309 g/mol. The first-order valence-corrected chi connectivity index (χ1v) is 7.24. The highest BCUT2D eigenvalue weighted by atomic mass is 16.5. The summed E-state index contributed by atoms with van der Waals surface area (Å²) in [6.45, 7) is 4.34. The first kappa shape index (κ1) is 17.8. The Labute approximate surface area is 130 Å². The summed E-state index contributed by atoms with van der Waals surface area (Å²) in [4.78, 5) is 21.8. The molecular weight excluding hydrogens is 286 g/mol. The molecule has 0 saturated carbocycles. The van der Waals surface area contributed by atoms with Gasteiger partial charge in [0.1, 0.15) is 0 Å². The highest BCUT2D eigenvalue weighted by Gasteiger charge is 2.08. The van der Waals surface area contributed by atoms with Crippen molar-refractivity contribution >= 4 is 11.9 Å². The molecule has 0 aliphatic carbocycles. The van der Waals surface area contributed by atoms with Crippen LogP contribution in [0.1, 0.15) is 32.3 Å². The van der Waals surface area contributed by atoms with E-state index in [1.807, 2.05) is 32.0 Å². The second-order valence-corrected chi connectivity index (χ2v) is 5.15. The molecule has 6 nitrogen and oxygen atoms in total. The van der Waals surface area contributed by atoms with Crippen molar-refractivity contribution in [3.8, 4) is 11.5 Å². The van der Waals surface area contributed by atoms with E-state index in [0.29, 0.717) is 24.5 Å². The first-order chi connectivity index (χ1) is 10.4. The Bertz CT molecular complexity index is 513. The molecule has 1 rings (SSSR count). The second-order valence-electron chi connectivity index (χ2n) is 5.15. The van der Waals surface area contributed by atoms with Gasteiger partial charge in [0.15, 0.2) is 11.5 Å². The number of hydrogen-bond donors (Lipinski definition) is 2. The topological polar surface area (TPSA) is 84.9 Å². The molecule has 0 unspecified atom stereocenters. The van der Waals surface area contributed by atoms with Crippen LogP contribution in [0.3, 0.4) is 0 Å². The van der Waals surface area contributed by atoms with Gasteiger partial charge in [-0.25, -0.2) is 0 Å². The van der Waals surface area contributed by atoms with E-state index < -0.39 is 5.97 Å². The van der Waals surface area contributed by atoms with Crippen LogP contribution in [0.4, 0.5) is 0 Å². The van der Waals surface area contributed by atoms with E-state index in [4.69, 9.17) is 14.6 Å². The average molecular weight is 309 g/mol. The lowest BCUT2D eigenvalue weighted by Gasteiger charge is -2.14. The third kappa shape index (κ3) is 6.47. The number of nitrogens with one attached hydrogen (secondary N) is 1. The molecule has 6 heteroatoms. The van der Waals surface area contributed by atoms with Crippen LogP contribution < -0.4 is 14.8 Å². The number of carboxylic acids is 1. The number of carbonyl (C=O) groups is 2. The molecule has 0 aliphatic heterocycles. The molecule has 2 N–H and O–H groups in total. The average Bonchev–Trinajstić information content (AvgIpc) is 2.46. The Morgan fingerprint density at radius 3 is 2.55 bits per heavy atom. The molecular formula is C16H23NO5. The van der Waals surface area contributed by atoms with Gasteiger partial charge in [0.2, 0.25) is 5.91 Å². The lowest BCUT2D eigenvalue weighted by Crippen LogP contribution is -2.26. The fourth-order valence-corrected chi connectivity index (χ4v) is 1.87. The van der Waals surface area contributed by atoms with Crippen molar-refractivity contribution < 1.29 is 24.2 Å². The van der Waals surface area contributed by atoms with Crippen LogP contribution >= 0.6 is 0 Å². The van der Waals surface area contributed by atoms with Gasteiger partial charge >= 0.3 is 5.97 Å². The Kier molecular flexibility index (Phi) is 7.22. The van der Waals surface area contributed by atoms with Crippen molar-refractivity contribution in [2.75, 3.05) is 13.7 Å². The number of carboxylic acid groups (broad SMARTS) is 1. The zero-order chi connectivity index (χ0) is 16.5. The predicted molar refractivity (Wildman–Crippen MR) is 82.3 cm³/mol. The number of benzene rings is 1. The zero-order valence-electron chi connectivity index (χ0n) is 13.2. The maximum Gasteiger partial charge on any atom is 0.303 e. The van der Waals surface area contributed by atoms with E-state index in [1.54, 1.807) is 7.11 Å². The second kappa shape index (κ2) is 8.92. The molecule has 0 radical (unpaired) electrons. The van der Waals surface area contributed by atoms with Crippen molar-refractivity contribution in [2.24, 2.45) is 0 Å². The van der Waals surface area contributed by atoms with E-state index in [9.17, 15) is 9.59 Å². The fraction of sp³-hybridized carbons (Fsp3) is 0.500. The summed E-state index contributed by atoms with van der Waals surface area (Å²) >= 11 is 0. The summed E-state index contributed by atoms with van der Waals surface area (Å²) in [5.74, 6) is 0.116. The Morgan fingerprint density at radius 1 is 1.23 bits per heavy atom. The van der Waals surface area contributed by atoms with Crippen molar-refractivity contribution in [3.05, 3.63) is 23.8 Å². The largest absolute Gasteiger partial charge is 0.493 e. The number of ether oxygens (including phenoxy) is 2. The quantitative estimate of drug-likeness (QED) is 0.729. The molecule has 0 bridgehead atoms. The van der Waals surface area contributed by atoms with Crippen molar-refractivity contribution in [1.29, 1.82) is 0 Å². The molecule has 22 heavy (non-hydrogen) atoms. The predicted octanol–water partition coefficient (Wildman–Crippen LogP) is 2.01. The molecule has 1 amide bonds. The molecule has 0 aromatic heterocycles. The number of rotatable bonds is 9. The number of methoxy groups -OCH3 is 1.